The van der Waals surface area contributed by atoms with Gasteiger partial charge in [0.1, 0.15) is 11.6 Å². The number of aromatic nitrogens is 1. The molecule has 0 spiro atoms. The molecule has 1 aromatic heterocycles. The summed E-state index contributed by atoms with van der Waals surface area (Å²) >= 11 is 0. The van der Waals surface area contributed by atoms with Crippen LogP contribution in [0.15, 0.2) is 30.3 Å². The molecular weight excluding hydrogens is 249 g/mol. The number of hydrogen-bond acceptors (Lipinski definition) is 3. The lowest BCUT2D eigenvalue weighted by Gasteiger charge is -2.09. The van der Waals surface area contributed by atoms with E-state index in [1.807, 2.05) is 0 Å². The van der Waals surface area contributed by atoms with Gasteiger partial charge in [-0.15, -0.1) is 0 Å². The monoisotopic (exact) mass is 261 g/mol. The minimum absolute atomic E-state index is 0.143. The van der Waals surface area contributed by atoms with Crippen molar-refractivity contribution in [3.05, 3.63) is 47.4 Å². The van der Waals surface area contributed by atoms with Gasteiger partial charge in [-0.2, -0.15) is 0 Å². The molecule has 5 heteroatoms. The fourth-order valence-electron chi connectivity index (χ4n) is 1.81. The number of pyridine rings is 1. The summed E-state index contributed by atoms with van der Waals surface area (Å²) in [6, 6.07) is 7.17. The van der Waals surface area contributed by atoms with E-state index < -0.39 is 11.8 Å². The van der Waals surface area contributed by atoms with Crippen LogP contribution in [-0.4, -0.2) is 23.2 Å². The van der Waals surface area contributed by atoms with Gasteiger partial charge in [-0.25, -0.2) is 9.18 Å². The van der Waals surface area contributed by atoms with Crippen molar-refractivity contribution in [3.8, 4) is 17.0 Å². The van der Waals surface area contributed by atoms with E-state index in [1.165, 1.54) is 25.3 Å². The smallest absolute Gasteiger partial charge is 0.337 e. The molecule has 4 nitrogen and oxygen atoms in total. The molecule has 0 bridgehead atoms. The number of nitrogens with zero attached hydrogens (tertiary/aromatic N) is 1. The van der Waals surface area contributed by atoms with Crippen LogP contribution in [0.3, 0.4) is 0 Å². The summed E-state index contributed by atoms with van der Waals surface area (Å²) in [7, 11) is 1.44. The molecule has 0 amide bonds. The molecule has 0 saturated heterocycles. The lowest BCUT2D eigenvalue weighted by atomic mass is 10.1. The minimum atomic E-state index is -1.03. The minimum Gasteiger partial charge on any atom is -0.496 e. The number of halogens is 1. The summed E-state index contributed by atoms with van der Waals surface area (Å²) in [5, 5.41) is 8.95. The average Bonchev–Trinajstić information content (AvgIpc) is 2.37. The van der Waals surface area contributed by atoms with Gasteiger partial charge in [0, 0.05) is 11.6 Å². The Hall–Kier alpha value is -2.43. The largest absolute Gasteiger partial charge is 0.496 e. The Kier molecular flexibility index (Phi) is 3.46. The van der Waals surface area contributed by atoms with Crippen LogP contribution in [-0.2, 0) is 0 Å². The van der Waals surface area contributed by atoms with Crippen LogP contribution in [0.25, 0.3) is 11.3 Å². The Balaban J connectivity index is 2.54. The number of hydrogen-bond donors (Lipinski definition) is 1. The van der Waals surface area contributed by atoms with Crippen LogP contribution in [0, 0.1) is 12.7 Å². The van der Waals surface area contributed by atoms with E-state index in [1.54, 1.807) is 19.1 Å². The third-order valence-corrected chi connectivity index (χ3v) is 2.76. The van der Waals surface area contributed by atoms with Gasteiger partial charge in [0.2, 0.25) is 0 Å². The zero-order valence-corrected chi connectivity index (χ0v) is 10.5. The Bertz CT molecular complexity index is 641. The quantitative estimate of drug-likeness (QED) is 0.922. The predicted octanol–water partition coefficient (Wildman–Crippen LogP) is 2.90. The van der Waals surface area contributed by atoms with E-state index in [9.17, 15) is 9.18 Å². The molecule has 19 heavy (non-hydrogen) atoms. The summed E-state index contributed by atoms with van der Waals surface area (Å²) < 4.78 is 18.2. The predicted molar refractivity (Wildman–Crippen MR) is 67.9 cm³/mol. The number of ether oxygens (including phenoxy) is 1. The second-order valence-corrected chi connectivity index (χ2v) is 3.98. The molecule has 98 valence electrons. The van der Waals surface area contributed by atoms with Gasteiger partial charge in [0.15, 0.2) is 0 Å². The fraction of sp³-hybridized carbons (Fsp3) is 0.143. The molecule has 1 heterocycles. The van der Waals surface area contributed by atoms with Crippen LogP contribution in [0.4, 0.5) is 4.39 Å². The molecule has 0 fully saturated rings. The zero-order valence-electron chi connectivity index (χ0n) is 10.5. The molecule has 2 aromatic rings. The first-order valence-corrected chi connectivity index (χ1v) is 5.58. The van der Waals surface area contributed by atoms with Gasteiger partial charge in [-0.3, -0.25) is 4.98 Å². The van der Waals surface area contributed by atoms with Crippen molar-refractivity contribution in [3.63, 3.8) is 0 Å². The molecule has 2 rings (SSSR count). The van der Waals surface area contributed by atoms with E-state index in [0.29, 0.717) is 22.7 Å². The first-order chi connectivity index (χ1) is 9.02. The standard InChI is InChI=1S/C14H12FNO3/c1-8-10(14(17)18)5-6-12(16-8)11-4-3-9(15)7-13(11)19-2/h3-7H,1-2H3,(H,17,18). The van der Waals surface area contributed by atoms with Crippen molar-refractivity contribution in [2.45, 2.75) is 6.92 Å². The summed E-state index contributed by atoms with van der Waals surface area (Å²) in [6.07, 6.45) is 0. The summed E-state index contributed by atoms with van der Waals surface area (Å²) in [5.74, 6) is -1.07. The van der Waals surface area contributed by atoms with E-state index in [4.69, 9.17) is 9.84 Å². The van der Waals surface area contributed by atoms with E-state index in [2.05, 4.69) is 4.98 Å². The molecule has 0 atom stereocenters. The maximum absolute atomic E-state index is 13.1. The topological polar surface area (TPSA) is 59.4 Å². The highest BCUT2D eigenvalue weighted by atomic mass is 19.1. The molecule has 0 aliphatic heterocycles. The number of carboxylic acids is 1. The second kappa shape index (κ2) is 5.06. The van der Waals surface area contributed by atoms with E-state index in [-0.39, 0.29) is 5.56 Å². The van der Waals surface area contributed by atoms with Crippen LogP contribution in [0.2, 0.25) is 0 Å². The lowest BCUT2D eigenvalue weighted by Crippen LogP contribution is -2.02. The molecule has 1 N–H and O–H groups in total. The highest BCUT2D eigenvalue weighted by Crippen LogP contribution is 2.29. The first-order valence-electron chi connectivity index (χ1n) is 5.58. The highest BCUT2D eigenvalue weighted by molar-refractivity contribution is 5.89. The molecule has 0 saturated carbocycles. The molecule has 0 aliphatic rings. The number of methoxy groups -OCH3 is 1. The number of aryl methyl sites for hydroxylation is 1. The highest BCUT2D eigenvalue weighted by Gasteiger charge is 2.12. The molecular formula is C14H12FNO3. The molecule has 0 unspecified atom stereocenters. The van der Waals surface area contributed by atoms with Gasteiger partial charge in [-0.1, -0.05) is 0 Å². The van der Waals surface area contributed by atoms with Crippen LogP contribution in [0.5, 0.6) is 5.75 Å². The Labute approximate surface area is 109 Å². The molecule has 0 aliphatic carbocycles. The first kappa shape index (κ1) is 13.0. The van der Waals surface area contributed by atoms with Gasteiger partial charge >= 0.3 is 5.97 Å². The third kappa shape index (κ3) is 2.54. The maximum Gasteiger partial charge on any atom is 0.337 e. The Morgan fingerprint density at radius 2 is 2.05 bits per heavy atom. The van der Waals surface area contributed by atoms with E-state index in [0.717, 1.165) is 0 Å². The maximum atomic E-state index is 13.1. The number of carboxylic acid groups (broad SMARTS) is 1. The van der Waals surface area contributed by atoms with Crippen molar-refractivity contribution < 1.29 is 19.0 Å². The molecule has 0 radical (unpaired) electrons. The summed E-state index contributed by atoms with van der Waals surface area (Å²) in [5.41, 5.74) is 1.70. The normalized spacial score (nSPS) is 10.3. The van der Waals surface area contributed by atoms with Crippen molar-refractivity contribution in [1.82, 2.24) is 4.98 Å². The van der Waals surface area contributed by atoms with Crippen LogP contribution in [0.1, 0.15) is 16.1 Å². The molecule has 1 aromatic carbocycles. The zero-order chi connectivity index (χ0) is 14.0. The third-order valence-electron chi connectivity index (χ3n) is 2.76. The second-order valence-electron chi connectivity index (χ2n) is 3.98. The van der Waals surface area contributed by atoms with Gasteiger partial charge < -0.3 is 9.84 Å². The SMILES string of the molecule is COc1cc(F)ccc1-c1ccc(C(=O)O)c(C)n1. The van der Waals surface area contributed by atoms with Crippen molar-refractivity contribution in [2.24, 2.45) is 0 Å². The van der Waals surface area contributed by atoms with Crippen molar-refractivity contribution in [1.29, 1.82) is 0 Å². The number of carbonyl (C=O) groups is 1. The Morgan fingerprint density at radius 1 is 1.32 bits per heavy atom. The van der Waals surface area contributed by atoms with Gasteiger partial charge in [0.25, 0.3) is 0 Å². The summed E-state index contributed by atoms with van der Waals surface area (Å²) in [6.45, 7) is 1.61. The Morgan fingerprint density at radius 3 is 2.63 bits per heavy atom. The van der Waals surface area contributed by atoms with Crippen molar-refractivity contribution in [2.75, 3.05) is 7.11 Å². The lowest BCUT2D eigenvalue weighted by molar-refractivity contribution is 0.0695. The fourth-order valence-corrected chi connectivity index (χ4v) is 1.81. The van der Waals surface area contributed by atoms with Crippen LogP contribution < -0.4 is 4.74 Å². The average molecular weight is 261 g/mol. The van der Waals surface area contributed by atoms with E-state index >= 15 is 0 Å². The van der Waals surface area contributed by atoms with Crippen LogP contribution >= 0.6 is 0 Å². The number of aromatic carboxylic acids is 1. The number of rotatable bonds is 3. The van der Waals surface area contributed by atoms with Gasteiger partial charge in [-0.05, 0) is 31.2 Å². The van der Waals surface area contributed by atoms with Gasteiger partial charge in [0.05, 0.1) is 24.1 Å². The van der Waals surface area contributed by atoms with Crippen molar-refractivity contribution >= 4 is 5.97 Å². The number of benzene rings is 1. The summed E-state index contributed by atoms with van der Waals surface area (Å²) in [4.78, 5) is 15.1.